The Hall–Kier alpha value is -1.06. The number of ether oxygens (including phenoxy) is 1. The minimum absolute atomic E-state index is 0.0760. The molecule has 0 aliphatic heterocycles. The third-order valence-electron chi connectivity index (χ3n) is 3.01. The van der Waals surface area contributed by atoms with Gasteiger partial charge in [-0.05, 0) is 23.6 Å². The molecule has 2 unspecified atom stereocenters. The number of aliphatic hydroxyl groups is 1. The molecule has 1 aromatic carbocycles. The maximum Gasteiger partial charge on any atom is 0.119 e. The monoisotopic (exact) mass is 223 g/mol. The average molecular weight is 223 g/mol. The summed E-state index contributed by atoms with van der Waals surface area (Å²) in [6, 6.07) is 7.55. The summed E-state index contributed by atoms with van der Waals surface area (Å²) in [6.45, 7) is 4.25. The van der Waals surface area contributed by atoms with Crippen LogP contribution in [-0.4, -0.2) is 18.8 Å². The first-order valence-electron chi connectivity index (χ1n) is 5.60. The average Bonchev–Trinajstić information content (AvgIpc) is 2.29. The van der Waals surface area contributed by atoms with Crippen LogP contribution >= 0.6 is 0 Å². The van der Waals surface area contributed by atoms with Gasteiger partial charge in [-0.25, -0.2) is 0 Å². The highest BCUT2D eigenvalue weighted by atomic mass is 16.5. The fourth-order valence-electron chi connectivity index (χ4n) is 1.84. The smallest absolute Gasteiger partial charge is 0.119 e. The van der Waals surface area contributed by atoms with Gasteiger partial charge in [-0.3, -0.25) is 0 Å². The summed E-state index contributed by atoms with van der Waals surface area (Å²) in [4.78, 5) is 0. The van der Waals surface area contributed by atoms with Crippen molar-refractivity contribution in [3.05, 3.63) is 29.8 Å². The Kier molecular flexibility index (Phi) is 4.77. The van der Waals surface area contributed by atoms with Crippen LogP contribution in [0, 0.1) is 11.8 Å². The molecule has 90 valence electrons. The molecule has 3 heteroatoms. The number of rotatable bonds is 5. The summed E-state index contributed by atoms with van der Waals surface area (Å²) in [5.41, 5.74) is 7.17. The number of hydrogen-bond acceptors (Lipinski definition) is 3. The first-order valence-corrected chi connectivity index (χ1v) is 5.60. The highest BCUT2D eigenvalue weighted by Gasteiger charge is 2.22. The van der Waals surface area contributed by atoms with Gasteiger partial charge in [0.05, 0.1) is 7.11 Å². The Bertz CT molecular complexity index is 325. The van der Waals surface area contributed by atoms with Crippen LogP contribution in [0.4, 0.5) is 0 Å². The van der Waals surface area contributed by atoms with Crippen LogP contribution in [0.25, 0.3) is 0 Å². The molecule has 1 rings (SSSR count). The van der Waals surface area contributed by atoms with Crippen molar-refractivity contribution in [1.82, 2.24) is 0 Å². The third kappa shape index (κ3) is 2.97. The summed E-state index contributed by atoms with van der Waals surface area (Å²) in [5, 5.41) is 9.34. The van der Waals surface area contributed by atoms with Crippen molar-refractivity contribution < 1.29 is 9.84 Å². The maximum absolute atomic E-state index is 9.34. The van der Waals surface area contributed by atoms with Crippen LogP contribution in [0.2, 0.25) is 0 Å². The molecule has 0 aromatic heterocycles. The zero-order valence-electron chi connectivity index (χ0n) is 10.2. The molecule has 2 atom stereocenters. The molecule has 0 aliphatic rings. The second kappa shape index (κ2) is 5.87. The zero-order valence-corrected chi connectivity index (χ0v) is 10.2. The molecule has 1 aromatic rings. The second-order valence-electron chi connectivity index (χ2n) is 4.39. The van der Waals surface area contributed by atoms with E-state index in [1.807, 2.05) is 24.3 Å². The van der Waals surface area contributed by atoms with Gasteiger partial charge in [0, 0.05) is 18.6 Å². The van der Waals surface area contributed by atoms with E-state index in [0.717, 1.165) is 11.3 Å². The summed E-state index contributed by atoms with van der Waals surface area (Å²) in [5.74, 6) is 1.23. The lowest BCUT2D eigenvalue weighted by Crippen LogP contribution is -2.28. The molecule has 0 amide bonds. The van der Waals surface area contributed by atoms with Crippen molar-refractivity contribution in [2.75, 3.05) is 13.7 Å². The lowest BCUT2D eigenvalue weighted by Gasteiger charge is -2.25. The Morgan fingerprint density at radius 3 is 2.56 bits per heavy atom. The van der Waals surface area contributed by atoms with Gasteiger partial charge in [-0.1, -0.05) is 26.0 Å². The summed E-state index contributed by atoms with van der Waals surface area (Å²) in [7, 11) is 1.64. The molecular weight excluding hydrogens is 202 g/mol. The summed E-state index contributed by atoms with van der Waals surface area (Å²) >= 11 is 0. The second-order valence-corrected chi connectivity index (χ2v) is 4.39. The normalized spacial score (nSPS) is 14.9. The molecular formula is C13H21NO2. The van der Waals surface area contributed by atoms with Gasteiger partial charge < -0.3 is 15.6 Å². The van der Waals surface area contributed by atoms with E-state index in [0.29, 0.717) is 5.92 Å². The van der Waals surface area contributed by atoms with E-state index in [1.54, 1.807) is 7.11 Å². The molecule has 0 saturated carbocycles. The van der Waals surface area contributed by atoms with Gasteiger partial charge in [-0.15, -0.1) is 0 Å². The first kappa shape index (κ1) is 13.0. The highest BCUT2D eigenvalue weighted by Crippen LogP contribution is 2.27. The molecule has 16 heavy (non-hydrogen) atoms. The molecule has 0 fully saturated rings. The number of nitrogens with two attached hydrogens (primary N) is 1. The maximum atomic E-state index is 9.34. The van der Waals surface area contributed by atoms with Gasteiger partial charge in [0.1, 0.15) is 5.75 Å². The minimum atomic E-state index is -0.153. The van der Waals surface area contributed by atoms with Crippen LogP contribution in [0.3, 0.4) is 0 Å². The first-order chi connectivity index (χ1) is 7.60. The van der Waals surface area contributed by atoms with Crippen LogP contribution < -0.4 is 10.5 Å². The summed E-state index contributed by atoms with van der Waals surface area (Å²) in [6.07, 6.45) is 0. The third-order valence-corrected chi connectivity index (χ3v) is 3.01. The molecule has 0 radical (unpaired) electrons. The van der Waals surface area contributed by atoms with Crippen molar-refractivity contribution in [2.45, 2.75) is 19.9 Å². The van der Waals surface area contributed by atoms with Gasteiger partial charge in [0.15, 0.2) is 0 Å². The van der Waals surface area contributed by atoms with Gasteiger partial charge >= 0.3 is 0 Å². The fraction of sp³-hybridized carbons (Fsp3) is 0.538. The van der Waals surface area contributed by atoms with Gasteiger partial charge in [0.25, 0.3) is 0 Å². The van der Waals surface area contributed by atoms with Gasteiger partial charge in [0.2, 0.25) is 0 Å². The predicted octanol–water partition coefficient (Wildman–Crippen LogP) is 1.96. The predicted molar refractivity (Wildman–Crippen MR) is 65.3 cm³/mol. The van der Waals surface area contributed by atoms with E-state index in [2.05, 4.69) is 13.8 Å². The quantitative estimate of drug-likeness (QED) is 0.802. The topological polar surface area (TPSA) is 55.5 Å². The molecule has 0 bridgehead atoms. The van der Waals surface area contributed by atoms with Crippen molar-refractivity contribution >= 4 is 0 Å². The number of benzene rings is 1. The van der Waals surface area contributed by atoms with E-state index in [4.69, 9.17) is 10.5 Å². The summed E-state index contributed by atoms with van der Waals surface area (Å²) < 4.78 is 5.16. The molecule has 0 saturated heterocycles. The molecule has 0 aliphatic carbocycles. The molecule has 0 spiro atoms. The molecule has 3 nitrogen and oxygen atoms in total. The fourth-order valence-corrected chi connectivity index (χ4v) is 1.84. The Morgan fingerprint density at radius 2 is 2.06 bits per heavy atom. The van der Waals surface area contributed by atoms with E-state index in [9.17, 15) is 5.11 Å². The lowest BCUT2D eigenvalue weighted by atomic mass is 9.86. The van der Waals surface area contributed by atoms with Crippen molar-refractivity contribution in [3.63, 3.8) is 0 Å². The lowest BCUT2D eigenvalue weighted by molar-refractivity contribution is 0.166. The van der Waals surface area contributed by atoms with Crippen LogP contribution in [0.15, 0.2) is 24.3 Å². The van der Waals surface area contributed by atoms with Gasteiger partial charge in [-0.2, -0.15) is 0 Å². The molecule has 0 heterocycles. The molecule has 3 N–H and O–H groups in total. The van der Waals surface area contributed by atoms with Crippen molar-refractivity contribution in [1.29, 1.82) is 0 Å². The Morgan fingerprint density at radius 1 is 1.38 bits per heavy atom. The van der Waals surface area contributed by atoms with Crippen LogP contribution in [0.5, 0.6) is 5.75 Å². The number of methoxy groups -OCH3 is 1. The Labute approximate surface area is 97.2 Å². The SMILES string of the molecule is COc1cccc(C(N)C(CO)C(C)C)c1. The minimum Gasteiger partial charge on any atom is -0.497 e. The number of hydrogen-bond donors (Lipinski definition) is 2. The Balaban J connectivity index is 2.89. The van der Waals surface area contributed by atoms with Crippen molar-refractivity contribution in [3.8, 4) is 5.75 Å². The van der Waals surface area contributed by atoms with E-state index >= 15 is 0 Å². The van der Waals surface area contributed by atoms with E-state index in [1.165, 1.54) is 0 Å². The van der Waals surface area contributed by atoms with E-state index < -0.39 is 0 Å². The van der Waals surface area contributed by atoms with Crippen LogP contribution in [-0.2, 0) is 0 Å². The van der Waals surface area contributed by atoms with Crippen molar-refractivity contribution in [2.24, 2.45) is 17.6 Å². The largest absolute Gasteiger partial charge is 0.497 e. The highest BCUT2D eigenvalue weighted by molar-refractivity contribution is 5.30. The zero-order chi connectivity index (χ0) is 12.1. The van der Waals surface area contributed by atoms with Crippen LogP contribution in [0.1, 0.15) is 25.5 Å². The van der Waals surface area contributed by atoms with E-state index in [-0.39, 0.29) is 18.6 Å². The number of aliphatic hydroxyl groups excluding tert-OH is 1. The standard InChI is InChI=1S/C13H21NO2/c1-9(2)12(8-15)13(14)10-5-4-6-11(7-10)16-3/h4-7,9,12-13,15H,8,14H2,1-3H3.